The van der Waals surface area contributed by atoms with E-state index in [4.69, 9.17) is 39.7 Å². The van der Waals surface area contributed by atoms with Crippen LogP contribution in [0, 0.1) is 0 Å². The number of unbranched alkanes of at least 4 members (excludes halogenated alkanes) is 17. The number of amides is 3. The molecule has 18 nitrogen and oxygen atoms in total. The number of ether oxygens (including phenoxy) is 4. The standard InChI is InChI=1S/C26H51NO4.C13H27N3O4.C10H13IN2O2.C2H6.CH2O2/c1-2-3-4-5-6-7-8-9-10-11-12-13-14-15-16-17-18-19-26(29)27-20-22-30-24-25-31-23-21-28;1-15-6-7-19-8-9-20-11-13(18)16-5-3-2-4-12(14)10-17;1-12-10(15)9(13-11)6-7-2-4-8(14)5-3-7;1-2;2-1-3/h21H,2-20,22-25H2,1H3,(H,27,29);10,12,15H,2-9,11,14H2,1H3,(H,16,18);2-5,9,13-14H,6H2,1H3,(H,12,15);1-2H3;1H,(H,2,3). The van der Waals surface area contributed by atoms with Crippen molar-refractivity contribution in [3.63, 3.8) is 0 Å². The summed E-state index contributed by atoms with van der Waals surface area (Å²) in [5, 5.41) is 27.2. The highest BCUT2D eigenvalue weighted by atomic mass is 127. The van der Waals surface area contributed by atoms with Crippen LogP contribution in [-0.4, -0.2) is 146 Å². The summed E-state index contributed by atoms with van der Waals surface area (Å²) in [6, 6.07) is 6.20. The summed E-state index contributed by atoms with van der Waals surface area (Å²) in [5.74, 6) is 0.164. The molecule has 1 aromatic rings. The van der Waals surface area contributed by atoms with Gasteiger partial charge in [-0.25, -0.2) is 3.53 Å². The van der Waals surface area contributed by atoms with Gasteiger partial charge in [-0.15, -0.1) is 0 Å². The van der Waals surface area contributed by atoms with Gasteiger partial charge in [-0.2, -0.15) is 0 Å². The number of aromatic hydroxyl groups is 1. The third-order valence-electron chi connectivity index (χ3n) is 10.3. The Labute approximate surface area is 442 Å². The van der Waals surface area contributed by atoms with Crippen LogP contribution in [0.3, 0.4) is 0 Å². The molecule has 0 saturated heterocycles. The predicted octanol–water partition coefficient (Wildman–Crippen LogP) is 7.14. The average Bonchev–Trinajstić information content (AvgIpc) is 3.38. The van der Waals surface area contributed by atoms with Crippen molar-refractivity contribution in [3.8, 4) is 5.75 Å². The molecule has 0 saturated carbocycles. The molecule has 0 aliphatic carbocycles. The molecule has 0 aliphatic heterocycles. The molecule has 0 heterocycles. The quantitative estimate of drug-likeness (QED) is 0.0140. The van der Waals surface area contributed by atoms with E-state index in [2.05, 4.69) is 31.7 Å². The molecule has 0 bridgehead atoms. The molecule has 1 aromatic carbocycles. The number of halogens is 1. The number of nitrogens with one attached hydrogen (secondary N) is 5. The van der Waals surface area contributed by atoms with Crippen LogP contribution >= 0.6 is 22.9 Å². The van der Waals surface area contributed by atoms with Crippen LogP contribution in [-0.2, 0) is 54.1 Å². The summed E-state index contributed by atoms with van der Waals surface area (Å²) in [6.45, 7) is 11.0. The van der Waals surface area contributed by atoms with Gasteiger partial charge in [0.15, 0.2) is 0 Å². The third-order valence-corrected chi connectivity index (χ3v) is 11.0. The molecule has 3 amide bonds. The highest BCUT2D eigenvalue weighted by molar-refractivity contribution is 14.1. The van der Waals surface area contributed by atoms with Gasteiger partial charge in [0.25, 0.3) is 6.47 Å². The number of benzene rings is 1. The van der Waals surface area contributed by atoms with Crippen molar-refractivity contribution >= 4 is 59.6 Å². The number of hydrogen-bond acceptors (Lipinski definition) is 14. The van der Waals surface area contributed by atoms with E-state index >= 15 is 0 Å². The summed E-state index contributed by atoms with van der Waals surface area (Å²) < 4.78 is 23.6. The fourth-order valence-corrected chi connectivity index (χ4v) is 6.85. The molecule has 71 heavy (non-hydrogen) atoms. The molecule has 1 rings (SSSR count). The van der Waals surface area contributed by atoms with Gasteiger partial charge in [0.2, 0.25) is 17.7 Å². The number of phenolic OH excluding ortho intramolecular Hbond substituents is 1. The second-order valence-corrected chi connectivity index (χ2v) is 16.9. The molecule has 0 radical (unpaired) electrons. The highest BCUT2D eigenvalue weighted by Crippen LogP contribution is 2.15. The number of rotatable bonds is 44. The largest absolute Gasteiger partial charge is 0.508 e. The molecule has 2 atom stereocenters. The first-order valence-corrected chi connectivity index (χ1v) is 27.2. The van der Waals surface area contributed by atoms with Gasteiger partial charge in [0.1, 0.15) is 31.5 Å². The lowest BCUT2D eigenvalue weighted by Gasteiger charge is -2.13. The third kappa shape index (κ3) is 62.7. The molecule has 0 fully saturated rings. The first kappa shape index (κ1) is 74.2. The fourth-order valence-electron chi connectivity index (χ4n) is 6.35. The average molecular weight is 1130 g/mol. The van der Waals surface area contributed by atoms with Crippen LogP contribution in [0.15, 0.2) is 24.3 Å². The zero-order valence-electron chi connectivity index (χ0n) is 44.5. The molecule has 2 unspecified atom stereocenters. The molecule has 416 valence electrons. The molecule has 19 heteroatoms. The van der Waals surface area contributed by atoms with Crippen LogP contribution in [0.2, 0.25) is 0 Å². The van der Waals surface area contributed by atoms with E-state index in [9.17, 15) is 24.0 Å². The van der Waals surface area contributed by atoms with E-state index in [-0.39, 0.29) is 49.2 Å². The molecular weight excluding hydrogens is 1030 g/mol. The number of aldehydes is 2. The topological polar surface area (TPSA) is 266 Å². The second kappa shape index (κ2) is 64.7. The predicted molar refractivity (Wildman–Crippen MR) is 293 cm³/mol. The minimum Gasteiger partial charge on any atom is -0.508 e. The lowest BCUT2D eigenvalue weighted by Crippen LogP contribution is -2.40. The van der Waals surface area contributed by atoms with E-state index in [1.165, 1.54) is 96.3 Å². The Morgan fingerprint density at radius 1 is 0.648 bits per heavy atom. The fraction of sp³-hybridized carbons (Fsp3) is 0.769. The highest BCUT2D eigenvalue weighted by Gasteiger charge is 2.15. The summed E-state index contributed by atoms with van der Waals surface area (Å²) in [5.41, 5.74) is 6.45. The van der Waals surface area contributed by atoms with E-state index in [0.29, 0.717) is 72.0 Å². The Morgan fingerprint density at radius 3 is 1.61 bits per heavy atom. The van der Waals surface area contributed by atoms with Gasteiger partial charge in [-0.3, -0.25) is 19.2 Å². The van der Waals surface area contributed by atoms with Crippen LogP contribution < -0.4 is 30.5 Å². The summed E-state index contributed by atoms with van der Waals surface area (Å²) in [6.07, 6.45) is 27.9. The molecule has 0 aromatic heterocycles. The minimum atomic E-state index is -0.392. The van der Waals surface area contributed by atoms with Crippen LogP contribution in [0.1, 0.15) is 161 Å². The Morgan fingerprint density at radius 2 is 1.13 bits per heavy atom. The summed E-state index contributed by atoms with van der Waals surface area (Å²) in [7, 11) is 3.47. The van der Waals surface area contributed by atoms with Crippen molar-refractivity contribution in [1.29, 1.82) is 0 Å². The van der Waals surface area contributed by atoms with Crippen molar-refractivity contribution in [2.45, 2.75) is 174 Å². The maximum Gasteiger partial charge on any atom is 0.290 e. The number of carbonyl (C=O) groups is 6. The molecule has 9 N–H and O–H groups in total. The maximum atomic E-state index is 11.7. The van der Waals surface area contributed by atoms with Gasteiger partial charge in [-0.1, -0.05) is 136 Å². The van der Waals surface area contributed by atoms with Crippen molar-refractivity contribution < 1.29 is 57.9 Å². The van der Waals surface area contributed by atoms with Gasteiger partial charge < -0.3 is 65.8 Å². The molecular formula is C52H99IN6O12. The van der Waals surface area contributed by atoms with E-state index in [0.717, 1.165) is 50.4 Å². The van der Waals surface area contributed by atoms with E-state index in [1.807, 2.05) is 43.8 Å². The Balaban J connectivity index is -0.000000480. The number of phenols is 1. The number of carboxylic acid groups (broad SMARTS) is 1. The normalized spacial score (nSPS) is 11.0. The van der Waals surface area contributed by atoms with Crippen LogP contribution in [0.25, 0.3) is 0 Å². The van der Waals surface area contributed by atoms with Gasteiger partial charge in [-0.05, 0) is 56.8 Å². The van der Waals surface area contributed by atoms with Crippen molar-refractivity contribution in [3.05, 3.63) is 29.8 Å². The van der Waals surface area contributed by atoms with Crippen molar-refractivity contribution in [1.82, 2.24) is 24.8 Å². The Hall–Kier alpha value is -3.31. The van der Waals surface area contributed by atoms with Crippen LogP contribution in [0.5, 0.6) is 5.75 Å². The number of hydrogen-bond donors (Lipinski definition) is 8. The number of likely N-dealkylation sites (N-methyl/N-ethyl adjacent to an activating group) is 2. The molecule has 0 spiro atoms. The van der Waals surface area contributed by atoms with Gasteiger partial charge >= 0.3 is 0 Å². The maximum absolute atomic E-state index is 11.7. The minimum absolute atomic E-state index is 0.0440. The van der Waals surface area contributed by atoms with E-state index in [1.54, 1.807) is 31.3 Å². The zero-order chi connectivity index (χ0) is 53.7. The molecule has 0 aliphatic rings. The van der Waals surface area contributed by atoms with Gasteiger partial charge in [0, 0.05) is 56.0 Å². The summed E-state index contributed by atoms with van der Waals surface area (Å²) in [4.78, 5) is 63.2. The van der Waals surface area contributed by atoms with Crippen LogP contribution in [0.4, 0.5) is 0 Å². The SMILES string of the molecule is CC.CCCCCCCCCCCCCCCCCCCC(=O)NCCOCCOCC=O.CNC(=O)C(Cc1ccc(O)cc1)NI.CNCCOCCOCC(=O)NCCCCC(N)C=O.O=CO. The van der Waals surface area contributed by atoms with Crippen molar-refractivity contribution in [2.75, 3.05) is 86.6 Å². The van der Waals surface area contributed by atoms with Gasteiger partial charge in [0.05, 0.1) is 51.7 Å². The first-order valence-electron chi connectivity index (χ1n) is 26.2. The van der Waals surface area contributed by atoms with E-state index < -0.39 is 6.04 Å². The number of nitrogens with two attached hydrogens (primary N) is 1. The first-order chi connectivity index (χ1) is 34.6. The lowest BCUT2D eigenvalue weighted by atomic mass is 10.0. The number of carbonyl (C=O) groups excluding carboxylic acids is 5. The lowest BCUT2D eigenvalue weighted by molar-refractivity contribution is -0.126. The second-order valence-electron chi connectivity index (χ2n) is 16.3. The Kier molecular flexibility index (Phi) is 67.6. The van der Waals surface area contributed by atoms with Crippen molar-refractivity contribution in [2.24, 2.45) is 5.73 Å². The zero-order valence-corrected chi connectivity index (χ0v) is 46.6. The monoisotopic (exact) mass is 1130 g/mol. The smallest absolute Gasteiger partial charge is 0.290 e. The Bertz CT molecular complexity index is 1310. The summed E-state index contributed by atoms with van der Waals surface area (Å²) >= 11 is 1.96.